The number of carbonyl (C=O) groups is 1. The van der Waals surface area contributed by atoms with Crippen molar-refractivity contribution in [2.24, 2.45) is 0 Å². The molecule has 0 N–H and O–H groups in total. The lowest BCUT2D eigenvalue weighted by Crippen LogP contribution is -2.50. The van der Waals surface area contributed by atoms with Crippen LogP contribution < -0.4 is 0 Å². The van der Waals surface area contributed by atoms with Gasteiger partial charge in [-0.3, -0.25) is 9.69 Å². The Kier molecular flexibility index (Phi) is 4.07. The van der Waals surface area contributed by atoms with Crippen LogP contribution >= 0.6 is 0 Å². The van der Waals surface area contributed by atoms with E-state index in [2.05, 4.69) is 0 Å². The molecule has 2 fully saturated rings. The molecule has 21 heavy (non-hydrogen) atoms. The molecule has 0 aromatic rings. The van der Waals surface area contributed by atoms with Crippen molar-refractivity contribution in [1.29, 1.82) is 5.26 Å². The van der Waals surface area contributed by atoms with Crippen LogP contribution in [0.1, 0.15) is 33.6 Å². The minimum atomic E-state index is -2.69. The maximum absolute atomic E-state index is 13.3. The van der Waals surface area contributed by atoms with Gasteiger partial charge in [0.25, 0.3) is 11.8 Å². The Hall–Kier alpha value is -1.48. The molecule has 0 spiro atoms. The summed E-state index contributed by atoms with van der Waals surface area (Å²) in [7, 11) is 0. The predicted molar refractivity (Wildman–Crippen MR) is 74.7 cm³/mol. The molecule has 2 rings (SSSR count). The summed E-state index contributed by atoms with van der Waals surface area (Å²) in [6, 6.07) is 2.07. The first-order chi connectivity index (χ1) is 9.66. The van der Waals surface area contributed by atoms with Crippen molar-refractivity contribution in [3.05, 3.63) is 11.6 Å². The van der Waals surface area contributed by atoms with Crippen LogP contribution in [-0.2, 0) is 4.79 Å². The number of nitrogens with zero attached hydrogens (tertiary/aromatic N) is 3. The third kappa shape index (κ3) is 3.24. The summed E-state index contributed by atoms with van der Waals surface area (Å²) in [4.78, 5) is 15.5. The van der Waals surface area contributed by atoms with E-state index < -0.39 is 11.5 Å². The lowest BCUT2D eigenvalue weighted by Gasteiger charge is -2.39. The van der Waals surface area contributed by atoms with E-state index >= 15 is 0 Å². The number of likely N-dealkylation sites (tertiary alicyclic amines) is 2. The van der Waals surface area contributed by atoms with Crippen molar-refractivity contribution in [3.8, 4) is 6.07 Å². The molecule has 0 unspecified atom stereocenters. The van der Waals surface area contributed by atoms with E-state index in [0.29, 0.717) is 6.54 Å². The number of halogens is 2. The Labute approximate surface area is 124 Å². The molecule has 0 aromatic heterocycles. The Morgan fingerprint density at radius 2 is 2.10 bits per heavy atom. The number of hydrogen-bond acceptors (Lipinski definition) is 3. The molecule has 4 nitrogen and oxygen atoms in total. The standard InChI is InChI=1S/C15H21F2N3O/c1-11-4-6-20(11)13(21)12(9-18)8-14(2,3)19-7-5-15(16,17)10-19/h8,11H,4-7,10H2,1-3H3/t11-/m1/s1. The smallest absolute Gasteiger partial charge is 0.264 e. The third-order valence-corrected chi connectivity index (χ3v) is 4.41. The van der Waals surface area contributed by atoms with Gasteiger partial charge in [0.05, 0.1) is 6.54 Å². The predicted octanol–water partition coefficient (Wildman–Crippen LogP) is 2.18. The zero-order chi connectivity index (χ0) is 15.8. The Bertz CT molecular complexity index is 508. The second kappa shape index (κ2) is 5.38. The minimum absolute atomic E-state index is 0.0433. The van der Waals surface area contributed by atoms with Crippen LogP contribution in [0.3, 0.4) is 0 Å². The summed E-state index contributed by atoms with van der Waals surface area (Å²) in [5.74, 6) is -2.98. The molecule has 0 saturated carbocycles. The number of carbonyl (C=O) groups excluding carboxylic acids is 1. The Morgan fingerprint density at radius 3 is 2.48 bits per heavy atom. The van der Waals surface area contributed by atoms with Crippen molar-refractivity contribution in [2.75, 3.05) is 19.6 Å². The SMILES string of the molecule is C[C@@H]1CCN1C(=O)C(C#N)=CC(C)(C)N1CCC(F)(F)C1. The molecular weight excluding hydrogens is 276 g/mol. The molecular formula is C15H21F2N3O. The molecule has 0 aliphatic carbocycles. The molecule has 0 radical (unpaired) electrons. The fraction of sp³-hybridized carbons (Fsp3) is 0.733. The lowest BCUT2D eigenvalue weighted by molar-refractivity contribution is -0.133. The largest absolute Gasteiger partial charge is 0.335 e. The van der Waals surface area contributed by atoms with Gasteiger partial charge in [0.15, 0.2) is 0 Å². The number of amides is 1. The minimum Gasteiger partial charge on any atom is -0.335 e. The van der Waals surface area contributed by atoms with Crippen molar-refractivity contribution in [2.45, 2.75) is 51.1 Å². The average Bonchev–Trinajstić information content (AvgIpc) is 2.75. The van der Waals surface area contributed by atoms with E-state index in [-0.39, 0.29) is 37.0 Å². The van der Waals surface area contributed by atoms with Crippen LogP contribution in [-0.4, -0.2) is 52.8 Å². The first-order valence-electron chi connectivity index (χ1n) is 7.23. The monoisotopic (exact) mass is 297 g/mol. The quantitative estimate of drug-likeness (QED) is 0.592. The summed E-state index contributed by atoms with van der Waals surface area (Å²) in [5, 5.41) is 9.23. The molecule has 1 atom stereocenters. The van der Waals surface area contributed by atoms with Gasteiger partial charge in [-0.05, 0) is 33.3 Å². The topological polar surface area (TPSA) is 47.3 Å². The van der Waals surface area contributed by atoms with E-state index in [1.165, 1.54) is 6.08 Å². The van der Waals surface area contributed by atoms with Crippen molar-refractivity contribution in [1.82, 2.24) is 9.80 Å². The Balaban J connectivity index is 2.15. The van der Waals surface area contributed by atoms with Crippen molar-refractivity contribution < 1.29 is 13.6 Å². The van der Waals surface area contributed by atoms with Crippen LogP contribution in [0, 0.1) is 11.3 Å². The van der Waals surface area contributed by atoms with Gasteiger partial charge in [0.2, 0.25) is 0 Å². The molecule has 2 heterocycles. The molecule has 2 saturated heterocycles. The first kappa shape index (κ1) is 15.9. The molecule has 6 heteroatoms. The normalized spacial score (nSPS) is 26.4. The maximum Gasteiger partial charge on any atom is 0.264 e. The number of hydrogen-bond donors (Lipinski definition) is 0. The zero-order valence-corrected chi connectivity index (χ0v) is 12.7. The highest BCUT2D eigenvalue weighted by atomic mass is 19.3. The summed E-state index contributed by atoms with van der Waals surface area (Å²) in [6.07, 6.45) is 2.29. The second-order valence-corrected chi connectivity index (χ2v) is 6.49. The van der Waals surface area contributed by atoms with Crippen LogP contribution in [0.4, 0.5) is 8.78 Å². The van der Waals surface area contributed by atoms with Crippen molar-refractivity contribution in [3.63, 3.8) is 0 Å². The first-order valence-corrected chi connectivity index (χ1v) is 7.23. The van der Waals surface area contributed by atoms with Gasteiger partial charge in [0.1, 0.15) is 11.6 Å². The molecule has 2 aliphatic heterocycles. The van der Waals surface area contributed by atoms with E-state index in [9.17, 15) is 18.8 Å². The summed E-state index contributed by atoms with van der Waals surface area (Å²) in [5.41, 5.74) is -0.698. The number of alkyl halides is 2. The highest BCUT2D eigenvalue weighted by Gasteiger charge is 2.43. The van der Waals surface area contributed by atoms with E-state index in [1.807, 2.05) is 13.0 Å². The van der Waals surface area contributed by atoms with E-state index in [0.717, 1.165) is 6.42 Å². The molecule has 116 valence electrons. The van der Waals surface area contributed by atoms with Crippen molar-refractivity contribution >= 4 is 5.91 Å². The average molecular weight is 297 g/mol. The summed E-state index contributed by atoms with van der Waals surface area (Å²) < 4.78 is 26.7. The van der Waals surface area contributed by atoms with Gasteiger partial charge in [0, 0.05) is 31.1 Å². The molecule has 1 amide bonds. The van der Waals surface area contributed by atoms with Crippen LogP contribution in [0.2, 0.25) is 0 Å². The van der Waals surface area contributed by atoms with E-state index in [4.69, 9.17) is 0 Å². The molecule has 0 bridgehead atoms. The Morgan fingerprint density at radius 1 is 1.43 bits per heavy atom. The maximum atomic E-state index is 13.3. The highest BCUT2D eigenvalue weighted by molar-refractivity contribution is 5.98. The zero-order valence-electron chi connectivity index (χ0n) is 12.7. The third-order valence-electron chi connectivity index (χ3n) is 4.41. The van der Waals surface area contributed by atoms with Crippen LogP contribution in [0.25, 0.3) is 0 Å². The summed E-state index contributed by atoms with van der Waals surface area (Å²) in [6.45, 7) is 6.05. The number of rotatable bonds is 3. The van der Waals surface area contributed by atoms with Gasteiger partial charge < -0.3 is 4.90 Å². The van der Waals surface area contributed by atoms with E-state index in [1.54, 1.807) is 23.6 Å². The molecule has 0 aromatic carbocycles. The van der Waals surface area contributed by atoms with Gasteiger partial charge >= 0.3 is 0 Å². The van der Waals surface area contributed by atoms with Gasteiger partial charge in [-0.2, -0.15) is 5.26 Å². The fourth-order valence-electron chi connectivity index (χ4n) is 2.79. The lowest BCUT2D eigenvalue weighted by atomic mass is 9.97. The van der Waals surface area contributed by atoms with Gasteiger partial charge in [-0.1, -0.05) is 0 Å². The van der Waals surface area contributed by atoms with Crippen LogP contribution in [0.15, 0.2) is 11.6 Å². The number of nitriles is 1. The fourth-order valence-corrected chi connectivity index (χ4v) is 2.79. The highest BCUT2D eigenvalue weighted by Crippen LogP contribution is 2.33. The second-order valence-electron chi connectivity index (χ2n) is 6.49. The summed E-state index contributed by atoms with van der Waals surface area (Å²) >= 11 is 0. The van der Waals surface area contributed by atoms with Gasteiger partial charge in [-0.25, -0.2) is 8.78 Å². The molecule has 2 aliphatic rings. The van der Waals surface area contributed by atoms with Crippen LogP contribution in [0.5, 0.6) is 0 Å². The van der Waals surface area contributed by atoms with Gasteiger partial charge in [-0.15, -0.1) is 0 Å².